The van der Waals surface area contributed by atoms with E-state index in [0.717, 1.165) is 38.8 Å². The van der Waals surface area contributed by atoms with Gasteiger partial charge in [0.1, 0.15) is 5.02 Å². The number of rotatable bonds is 4. The smallest absolute Gasteiger partial charge is 0.339 e. The second-order valence-electron chi connectivity index (χ2n) is 8.31. The summed E-state index contributed by atoms with van der Waals surface area (Å²) in [5, 5.41) is 0.327. The van der Waals surface area contributed by atoms with Gasteiger partial charge in [-0.1, -0.05) is 23.2 Å². The third-order valence-electron chi connectivity index (χ3n) is 6.70. The van der Waals surface area contributed by atoms with Crippen molar-refractivity contribution in [3.8, 4) is 11.5 Å². The second kappa shape index (κ2) is 7.80. The first kappa shape index (κ1) is 21.0. The Labute approximate surface area is 181 Å². The van der Waals surface area contributed by atoms with Gasteiger partial charge in [-0.2, -0.15) is 0 Å². The zero-order valence-corrected chi connectivity index (χ0v) is 18.7. The standard InChI is InChI=1S/C21H27Cl2NO5/c1-11-15(20(25)27-4)16(22)17(23)19-18(11)28-21(2,29-19)12-5-7-13(8-6-12)24-9-14(10-24)26-3/h12-14H,5-10H2,1-4H3. The molecule has 0 amide bonds. The van der Waals surface area contributed by atoms with Crippen molar-refractivity contribution in [2.45, 2.75) is 57.5 Å². The number of carbonyl (C=O) groups excluding carboxylic acids is 1. The lowest BCUT2D eigenvalue weighted by Gasteiger charge is -2.47. The van der Waals surface area contributed by atoms with Crippen molar-refractivity contribution in [3.05, 3.63) is 21.2 Å². The highest BCUT2D eigenvalue weighted by Gasteiger charge is 2.49. The molecule has 0 spiro atoms. The topological polar surface area (TPSA) is 57.2 Å². The van der Waals surface area contributed by atoms with Crippen molar-refractivity contribution >= 4 is 29.2 Å². The predicted octanol–water partition coefficient (Wildman–Crippen LogP) is 4.47. The number of nitrogens with zero attached hydrogens (tertiary/aromatic N) is 1. The van der Waals surface area contributed by atoms with Crippen LogP contribution in [0.15, 0.2) is 0 Å². The highest BCUT2D eigenvalue weighted by molar-refractivity contribution is 6.45. The Morgan fingerprint density at radius 3 is 2.28 bits per heavy atom. The van der Waals surface area contributed by atoms with E-state index in [4.69, 9.17) is 42.1 Å². The molecule has 2 heterocycles. The Hall–Kier alpha value is -1.21. The first-order valence-corrected chi connectivity index (χ1v) is 10.8. The summed E-state index contributed by atoms with van der Waals surface area (Å²) in [6.07, 6.45) is 4.57. The van der Waals surface area contributed by atoms with Crippen LogP contribution in [0.1, 0.15) is 48.5 Å². The quantitative estimate of drug-likeness (QED) is 0.639. The number of ether oxygens (including phenoxy) is 4. The van der Waals surface area contributed by atoms with E-state index in [9.17, 15) is 4.79 Å². The van der Waals surface area contributed by atoms with Gasteiger partial charge in [0, 0.05) is 44.6 Å². The summed E-state index contributed by atoms with van der Waals surface area (Å²) in [5.41, 5.74) is 0.810. The fourth-order valence-corrected chi connectivity index (χ4v) is 5.31. The minimum Gasteiger partial charge on any atom is -0.465 e. The number of carbonyl (C=O) groups is 1. The average Bonchev–Trinajstić information content (AvgIpc) is 3.05. The first-order chi connectivity index (χ1) is 13.8. The Bertz CT molecular complexity index is 818. The van der Waals surface area contributed by atoms with Gasteiger partial charge in [0.2, 0.25) is 0 Å². The number of hydrogen-bond donors (Lipinski definition) is 0. The molecule has 3 aliphatic rings. The summed E-state index contributed by atoms with van der Waals surface area (Å²) >= 11 is 12.8. The van der Waals surface area contributed by atoms with E-state index < -0.39 is 11.8 Å². The van der Waals surface area contributed by atoms with Gasteiger partial charge < -0.3 is 18.9 Å². The van der Waals surface area contributed by atoms with E-state index in [1.165, 1.54) is 7.11 Å². The van der Waals surface area contributed by atoms with E-state index in [2.05, 4.69) is 4.90 Å². The van der Waals surface area contributed by atoms with Gasteiger partial charge in [0.05, 0.1) is 23.8 Å². The highest BCUT2D eigenvalue weighted by Crippen LogP contribution is 2.54. The molecule has 8 heteroatoms. The number of benzene rings is 1. The zero-order valence-electron chi connectivity index (χ0n) is 17.2. The van der Waals surface area contributed by atoms with E-state index in [-0.39, 0.29) is 21.5 Å². The van der Waals surface area contributed by atoms with E-state index in [1.54, 1.807) is 14.0 Å². The number of hydrogen-bond acceptors (Lipinski definition) is 6. The molecule has 4 rings (SSSR count). The predicted molar refractivity (Wildman–Crippen MR) is 110 cm³/mol. The van der Waals surface area contributed by atoms with Crippen molar-refractivity contribution in [3.63, 3.8) is 0 Å². The van der Waals surface area contributed by atoms with Crippen LogP contribution in [0.4, 0.5) is 0 Å². The third kappa shape index (κ3) is 3.48. The minimum atomic E-state index is -0.830. The number of methoxy groups -OCH3 is 2. The monoisotopic (exact) mass is 443 g/mol. The fourth-order valence-electron chi connectivity index (χ4n) is 4.79. The zero-order chi connectivity index (χ0) is 20.9. The molecule has 1 unspecified atom stereocenters. The molecule has 0 N–H and O–H groups in total. The van der Waals surface area contributed by atoms with Crippen LogP contribution in [0.2, 0.25) is 10.0 Å². The molecule has 2 aliphatic heterocycles. The first-order valence-electron chi connectivity index (χ1n) is 10.0. The lowest BCUT2D eigenvalue weighted by atomic mass is 9.80. The Morgan fingerprint density at radius 1 is 1.07 bits per heavy atom. The van der Waals surface area contributed by atoms with E-state index in [1.807, 2.05) is 6.92 Å². The van der Waals surface area contributed by atoms with Crippen LogP contribution in [0.5, 0.6) is 11.5 Å². The molecule has 6 nitrogen and oxygen atoms in total. The van der Waals surface area contributed by atoms with Crippen LogP contribution in [-0.2, 0) is 9.47 Å². The van der Waals surface area contributed by atoms with Crippen LogP contribution in [-0.4, -0.2) is 56.1 Å². The Morgan fingerprint density at radius 2 is 1.69 bits per heavy atom. The molecule has 0 bridgehead atoms. The van der Waals surface area contributed by atoms with Crippen molar-refractivity contribution in [1.82, 2.24) is 4.90 Å². The molecule has 29 heavy (non-hydrogen) atoms. The third-order valence-corrected chi connectivity index (χ3v) is 7.53. The SMILES string of the molecule is COC(=O)c1c(C)c2c(c(Cl)c1Cl)OC(C)(C1CCC(N3CC(OC)C3)CC1)O2. The second-order valence-corrected chi connectivity index (χ2v) is 9.07. The molecule has 1 aliphatic carbocycles. The Balaban J connectivity index is 1.49. The maximum Gasteiger partial charge on any atom is 0.339 e. The fraction of sp³-hybridized carbons (Fsp3) is 0.667. The normalized spacial score (nSPS) is 29.6. The largest absolute Gasteiger partial charge is 0.465 e. The summed E-state index contributed by atoms with van der Waals surface area (Å²) in [5.74, 6) is -0.253. The number of esters is 1. The lowest BCUT2D eigenvalue weighted by molar-refractivity contribution is -0.130. The average molecular weight is 444 g/mol. The van der Waals surface area contributed by atoms with E-state index >= 15 is 0 Å². The molecular formula is C21H27Cl2NO5. The van der Waals surface area contributed by atoms with Gasteiger partial charge in [0.25, 0.3) is 5.79 Å². The number of likely N-dealkylation sites (tertiary alicyclic amines) is 1. The molecule has 1 saturated carbocycles. The number of halogens is 2. The van der Waals surface area contributed by atoms with Crippen molar-refractivity contribution < 1.29 is 23.7 Å². The van der Waals surface area contributed by atoms with Gasteiger partial charge in [-0.05, 0) is 32.6 Å². The molecule has 1 aromatic rings. The van der Waals surface area contributed by atoms with Crippen molar-refractivity contribution in [2.24, 2.45) is 5.92 Å². The minimum absolute atomic E-state index is 0.136. The van der Waals surface area contributed by atoms with Gasteiger partial charge in [-0.25, -0.2) is 4.79 Å². The summed E-state index contributed by atoms with van der Waals surface area (Å²) in [6.45, 7) is 5.76. The molecule has 2 fully saturated rings. The lowest BCUT2D eigenvalue weighted by Crippen LogP contribution is -2.57. The van der Waals surface area contributed by atoms with Gasteiger partial charge in [-0.15, -0.1) is 0 Å². The maximum absolute atomic E-state index is 12.2. The molecule has 1 aromatic carbocycles. The van der Waals surface area contributed by atoms with Crippen LogP contribution in [0, 0.1) is 12.8 Å². The Kier molecular flexibility index (Phi) is 5.66. The molecule has 1 atom stereocenters. The van der Waals surface area contributed by atoms with E-state index in [0.29, 0.717) is 29.2 Å². The maximum atomic E-state index is 12.2. The molecule has 0 radical (unpaired) electrons. The molecule has 160 valence electrons. The summed E-state index contributed by atoms with van der Waals surface area (Å²) in [4.78, 5) is 14.7. The van der Waals surface area contributed by atoms with Crippen molar-refractivity contribution in [2.75, 3.05) is 27.3 Å². The van der Waals surface area contributed by atoms with Crippen LogP contribution in [0.25, 0.3) is 0 Å². The molecular weight excluding hydrogens is 417 g/mol. The number of fused-ring (bicyclic) bond motifs is 1. The van der Waals surface area contributed by atoms with Gasteiger partial charge in [-0.3, -0.25) is 4.90 Å². The van der Waals surface area contributed by atoms with Crippen LogP contribution in [0.3, 0.4) is 0 Å². The van der Waals surface area contributed by atoms with Gasteiger partial charge >= 0.3 is 5.97 Å². The molecule has 1 saturated heterocycles. The summed E-state index contributed by atoms with van der Waals surface area (Å²) in [6, 6.07) is 0.593. The van der Waals surface area contributed by atoms with Crippen LogP contribution < -0.4 is 9.47 Å². The van der Waals surface area contributed by atoms with Crippen LogP contribution >= 0.6 is 23.2 Å². The molecule has 0 aromatic heterocycles. The van der Waals surface area contributed by atoms with Crippen molar-refractivity contribution in [1.29, 1.82) is 0 Å². The van der Waals surface area contributed by atoms with Gasteiger partial charge in [0.15, 0.2) is 11.5 Å². The highest BCUT2D eigenvalue weighted by atomic mass is 35.5. The summed E-state index contributed by atoms with van der Waals surface area (Å²) in [7, 11) is 3.09. The summed E-state index contributed by atoms with van der Waals surface area (Å²) < 4.78 is 22.8.